The topological polar surface area (TPSA) is 61.9 Å². The average Bonchev–Trinajstić information content (AvgIpc) is 3.22. The molecule has 5 heteroatoms. The van der Waals surface area contributed by atoms with E-state index in [2.05, 4.69) is 22.1 Å². The van der Waals surface area contributed by atoms with Crippen LogP contribution in [0.2, 0.25) is 0 Å². The van der Waals surface area contributed by atoms with Gasteiger partial charge in [0.15, 0.2) is 0 Å². The highest BCUT2D eigenvalue weighted by molar-refractivity contribution is 5.98. The number of aryl methyl sites for hydroxylation is 1. The average molecular weight is 306 g/mol. The molecule has 0 aliphatic carbocycles. The van der Waals surface area contributed by atoms with E-state index in [1.165, 1.54) is 5.56 Å². The summed E-state index contributed by atoms with van der Waals surface area (Å²) >= 11 is 0. The van der Waals surface area contributed by atoms with E-state index in [0.717, 1.165) is 41.7 Å². The number of H-pyrrole nitrogens is 1. The van der Waals surface area contributed by atoms with Crippen LogP contribution in [0.15, 0.2) is 42.7 Å². The van der Waals surface area contributed by atoms with E-state index in [1.807, 2.05) is 41.4 Å². The number of fused-ring (bicyclic) bond motifs is 1. The first kappa shape index (κ1) is 13.9. The molecule has 1 aliphatic rings. The van der Waals surface area contributed by atoms with Gasteiger partial charge in [0, 0.05) is 41.8 Å². The number of hydrogen-bond donors (Lipinski definition) is 1. The SMILES string of the molecule is Cc1cn[nH]c1C1CCN(C(=O)c2ccc3ncccc3c2)C1. The minimum Gasteiger partial charge on any atom is -0.338 e. The zero-order chi connectivity index (χ0) is 15.8. The van der Waals surface area contributed by atoms with Crippen molar-refractivity contribution in [2.45, 2.75) is 19.3 Å². The quantitative estimate of drug-likeness (QED) is 0.792. The van der Waals surface area contributed by atoms with E-state index in [-0.39, 0.29) is 5.91 Å². The minimum absolute atomic E-state index is 0.0930. The van der Waals surface area contributed by atoms with Crippen LogP contribution in [0.3, 0.4) is 0 Å². The van der Waals surface area contributed by atoms with Crippen LogP contribution in [0.1, 0.15) is 34.0 Å². The van der Waals surface area contributed by atoms with Gasteiger partial charge in [-0.3, -0.25) is 14.9 Å². The number of aromatic nitrogens is 3. The summed E-state index contributed by atoms with van der Waals surface area (Å²) in [6.45, 7) is 3.58. The summed E-state index contributed by atoms with van der Waals surface area (Å²) in [7, 11) is 0. The molecular weight excluding hydrogens is 288 g/mol. The third kappa shape index (κ3) is 2.48. The van der Waals surface area contributed by atoms with E-state index in [1.54, 1.807) is 6.20 Å². The predicted octanol–water partition coefficient (Wildman–Crippen LogP) is 2.90. The van der Waals surface area contributed by atoms with E-state index >= 15 is 0 Å². The number of nitrogens with one attached hydrogen (secondary N) is 1. The largest absolute Gasteiger partial charge is 0.338 e. The van der Waals surface area contributed by atoms with Gasteiger partial charge in [0.2, 0.25) is 0 Å². The monoisotopic (exact) mass is 306 g/mol. The van der Waals surface area contributed by atoms with E-state index in [4.69, 9.17) is 0 Å². The summed E-state index contributed by atoms with van der Waals surface area (Å²) in [4.78, 5) is 19.0. The van der Waals surface area contributed by atoms with Crippen molar-refractivity contribution in [3.8, 4) is 0 Å². The summed E-state index contributed by atoms with van der Waals surface area (Å²) < 4.78 is 0. The Labute approximate surface area is 134 Å². The Bertz CT molecular complexity index is 870. The Balaban J connectivity index is 1.56. The van der Waals surface area contributed by atoms with E-state index in [0.29, 0.717) is 5.92 Å². The molecule has 1 aromatic carbocycles. The van der Waals surface area contributed by atoms with E-state index in [9.17, 15) is 4.79 Å². The van der Waals surface area contributed by atoms with Gasteiger partial charge in [-0.05, 0) is 43.2 Å². The molecule has 0 bridgehead atoms. The number of carbonyl (C=O) groups is 1. The summed E-state index contributed by atoms with van der Waals surface area (Å²) in [5.41, 5.74) is 3.97. The molecule has 1 aliphatic heterocycles. The van der Waals surface area contributed by atoms with Crippen LogP contribution in [-0.2, 0) is 0 Å². The predicted molar refractivity (Wildman–Crippen MR) is 88.3 cm³/mol. The summed E-state index contributed by atoms with van der Waals surface area (Å²) in [6.07, 6.45) is 4.59. The lowest BCUT2D eigenvalue weighted by Gasteiger charge is -2.17. The van der Waals surface area contributed by atoms with Gasteiger partial charge in [0.1, 0.15) is 0 Å². The second-order valence-corrected chi connectivity index (χ2v) is 6.11. The highest BCUT2D eigenvalue weighted by Crippen LogP contribution is 2.29. The van der Waals surface area contributed by atoms with Gasteiger partial charge in [-0.1, -0.05) is 6.07 Å². The van der Waals surface area contributed by atoms with Crippen molar-refractivity contribution in [1.29, 1.82) is 0 Å². The molecule has 3 heterocycles. The van der Waals surface area contributed by atoms with Crippen molar-refractivity contribution in [2.24, 2.45) is 0 Å². The number of benzene rings is 1. The molecule has 5 nitrogen and oxygen atoms in total. The molecule has 1 atom stereocenters. The number of hydrogen-bond acceptors (Lipinski definition) is 3. The number of likely N-dealkylation sites (tertiary alicyclic amines) is 1. The number of amides is 1. The summed E-state index contributed by atoms with van der Waals surface area (Å²) in [6, 6.07) is 9.59. The second kappa shape index (κ2) is 5.50. The third-order valence-corrected chi connectivity index (χ3v) is 4.60. The van der Waals surface area contributed by atoms with Crippen molar-refractivity contribution in [3.05, 3.63) is 59.5 Å². The van der Waals surface area contributed by atoms with Crippen LogP contribution in [0.5, 0.6) is 0 Å². The highest BCUT2D eigenvalue weighted by Gasteiger charge is 2.29. The summed E-state index contributed by atoms with van der Waals surface area (Å²) in [5.74, 6) is 0.444. The molecule has 1 amide bonds. The van der Waals surface area contributed by atoms with Crippen molar-refractivity contribution in [2.75, 3.05) is 13.1 Å². The maximum atomic E-state index is 12.8. The smallest absolute Gasteiger partial charge is 0.253 e. The highest BCUT2D eigenvalue weighted by atomic mass is 16.2. The Kier molecular flexibility index (Phi) is 3.33. The fraction of sp³-hybridized carbons (Fsp3) is 0.278. The summed E-state index contributed by atoms with van der Waals surface area (Å²) in [5, 5.41) is 8.17. The number of nitrogens with zero attached hydrogens (tertiary/aromatic N) is 3. The Morgan fingerprint density at radius 1 is 1.35 bits per heavy atom. The third-order valence-electron chi connectivity index (χ3n) is 4.60. The molecule has 1 N–H and O–H groups in total. The van der Waals surface area contributed by atoms with Gasteiger partial charge in [-0.15, -0.1) is 0 Å². The molecule has 2 aromatic heterocycles. The Hall–Kier alpha value is -2.69. The maximum Gasteiger partial charge on any atom is 0.253 e. The zero-order valence-electron chi connectivity index (χ0n) is 13.0. The molecule has 1 unspecified atom stereocenters. The van der Waals surface area contributed by atoms with E-state index < -0.39 is 0 Å². The lowest BCUT2D eigenvalue weighted by Crippen LogP contribution is -2.28. The lowest BCUT2D eigenvalue weighted by molar-refractivity contribution is 0.0791. The van der Waals surface area contributed by atoms with Crippen molar-refractivity contribution in [3.63, 3.8) is 0 Å². The van der Waals surface area contributed by atoms with Crippen molar-refractivity contribution < 1.29 is 4.79 Å². The lowest BCUT2D eigenvalue weighted by atomic mass is 10.0. The van der Waals surface area contributed by atoms with Crippen LogP contribution >= 0.6 is 0 Å². The first-order chi connectivity index (χ1) is 11.2. The number of carbonyl (C=O) groups excluding carboxylic acids is 1. The molecule has 0 radical (unpaired) electrons. The minimum atomic E-state index is 0.0930. The first-order valence-electron chi connectivity index (χ1n) is 7.86. The Morgan fingerprint density at radius 2 is 2.26 bits per heavy atom. The molecule has 0 saturated carbocycles. The van der Waals surface area contributed by atoms with Crippen LogP contribution < -0.4 is 0 Å². The normalized spacial score (nSPS) is 17.8. The van der Waals surface area contributed by atoms with Gasteiger partial charge >= 0.3 is 0 Å². The molecule has 0 spiro atoms. The molecule has 3 aromatic rings. The van der Waals surface area contributed by atoms with Crippen molar-refractivity contribution in [1.82, 2.24) is 20.1 Å². The van der Waals surface area contributed by atoms with Gasteiger partial charge in [0.05, 0.1) is 11.7 Å². The van der Waals surface area contributed by atoms with Crippen LogP contribution in [-0.4, -0.2) is 39.1 Å². The molecular formula is C18H18N4O. The molecule has 4 rings (SSSR count). The number of aromatic amines is 1. The second-order valence-electron chi connectivity index (χ2n) is 6.11. The molecule has 116 valence electrons. The van der Waals surface area contributed by atoms with Crippen LogP contribution in [0.4, 0.5) is 0 Å². The van der Waals surface area contributed by atoms with Gasteiger partial charge < -0.3 is 4.90 Å². The zero-order valence-corrected chi connectivity index (χ0v) is 13.0. The fourth-order valence-electron chi connectivity index (χ4n) is 3.34. The first-order valence-corrected chi connectivity index (χ1v) is 7.86. The van der Waals surface area contributed by atoms with Gasteiger partial charge in [-0.25, -0.2) is 0 Å². The van der Waals surface area contributed by atoms with Gasteiger partial charge in [0.25, 0.3) is 5.91 Å². The van der Waals surface area contributed by atoms with Crippen molar-refractivity contribution >= 4 is 16.8 Å². The maximum absolute atomic E-state index is 12.8. The Morgan fingerprint density at radius 3 is 3.09 bits per heavy atom. The van der Waals surface area contributed by atoms with Crippen LogP contribution in [0.25, 0.3) is 10.9 Å². The fourth-order valence-corrected chi connectivity index (χ4v) is 3.34. The molecule has 1 fully saturated rings. The molecule has 23 heavy (non-hydrogen) atoms. The van der Waals surface area contributed by atoms with Crippen LogP contribution in [0, 0.1) is 6.92 Å². The number of pyridine rings is 1. The standard InChI is InChI=1S/C18H18N4O/c1-12-10-20-21-17(12)15-6-8-22(11-15)18(23)14-4-5-16-13(9-14)3-2-7-19-16/h2-5,7,9-10,15H,6,8,11H2,1H3,(H,20,21). The molecule has 1 saturated heterocycles. The van der Waals surface area contributed by atoms with Gasteiger partial charge in [-0.2, -0.15) is 5.10 Å². The number of rotatable bonds is 2.